The van der Waals surface area contributed by atoms with Crippen LogP contribution in [0.5, 0.6) is 0 Å². The van der Waals surface area contributed by atoms with E-state index in [1.807, 2.05) is 30.3 Å². The highest BCUT2D eigenvalue weighted by Crippen LogP contribution is 2.36. The lowest BCUT2D eigenvalue weighted by Crippen LogP contribution is -2.45. The fourth-order valence-electron chi connectivity index (χ4n) is 4.30. The first-order chi connectivity index (χ1) is 14.1. The zero-order chi connectivity index (χ0) is 20.3. The Kier molecular flexibility index (Phi) is 5.49. The van der Waals surface area contributed by atoms with Gasteiger partial charge in [0, 0.05) is 36.3 Å². The maximum absolute atomic E-state index is 12.7. The molecule has 0 aliphatic carbocycles. The number of para-hydroxylation sites is 1. The van der Waals surface area contributed by atoms with Crippen molar-refractivity contribution in [3.63, 3.8) is 0 Å². The highest BCUT2D eigenvalue weighted by Gasteiger charge is 2.35. The van der Waals surface area contributed by atoms with Crippen molar-refractivity contribution in [3.8, 4) is 0 Å². The summed E-state index contributed by atoms with van der Waals surface area (Å²) in [6.45, 7) is 4.04. The molecule has 4 rings (SSSR count). The lowest BCUT2D eigenvalue weighted by Gasteiger charge is -2.39. The molecule has 0 atom stereocenters. The van der Waals surface area contributed by atoms with Crippen LogP contribution in [0, 0.1) is 6.92 Å². The van der Waals surface area contributed by atoms with E-state index < -0.39 is 0 Å². The van der Waals surface area contributed by atoms with Gasteiger partial charge in [-0.3, -0.25) is 9.59 Å². The van der Waals surface area contributed by atoms with Crippen LogP contribution >= 0.6 is 0 Å². The third-order valence-corrected chi connectivity index (χ3v) is 5.97. The topological polar surface area (TPSA) is 71.2 Å². The van der Waals surface area contributed by atoms with Gasteiger partial charge in [-0.15, -0.1) is 0 Å². The number of ether oxygens (including phenoxy) is 1. The Morgan fingerprint density at radius 2 is 1.83 bits per heavy atom. The Morgan fingerprint density at radius 3 is 2.62 bits per heavy atom. The molecule has 5 heteroatoms. The summed E-state index contributed by atoms with van der Waals surface area (Å²) in [5.74, 6) is -0.134. The van der Waals surface area contributed by atoms with Crippen molar-refractivity contribution in [1.29, 1.82) is 0 Å². The third kappa shape index (κ3) is 4.10. The number of pyridine rings is 1. The smallest absolute Gasteiger partial charge is 0.252 e. The Balaban J connectivity index is 1.51. The van der Waals surface area contributed by atoms with Crippen LogP contribution in [0.1, 0.15) is 29.5 Å². The molecule has 2 heterocycles. The lowest BCUT2D eigenvalue weighted by atomic mass is 9.72. The van der Waals surface area contributed by atoms with Crippen LogP contribution in [0.2, 0.25) is 0 Å². The first-order valence-electron chi connectivity index (χ1n) is 10.1. The molecule has 0 spiro atoms. The average Bonchev–Trinajstić information content (AvgIpc) is 2.74. The van der Waals surface area contributed by atoms with Crippen LogP contribution in [0.15, 0.2) is 59.4 Å². The number of carbonyl (C=O) groups excluding carboxylic acids is 1. The fraction of sp³-hybridized carbons (Fsp3) is 0.333. The van der Waals surface area contributed by atoms with Crippen LogP contribution in [-0.4, -0.2) is 30.6 Å². The van der Waals surface area contributed by atoms with E-state index in [9.17, 15) is 9.59 Å². The van der Waals surface area contributed by atoms with E-state index >= 15 is 0 Å². The number of nitrogens with one attached hydrogen (secondary N) is 2. The van der Waals surface area contributed by atoms with E-state index in [0.29, 0.717) is 25.3 Å². The molecule has 1 aliphatic rings. The third-order valence-electron chi connectivity index (χ3n) is 5.97. The molecule has 150 valence electrons. The maximum Gasteiger partial charge on any atom is 0.252 e. The van der Waals surface area contributed by atoms with Gasteiger partial charge in [-0.2, -0.15) is 0 Å². The number of H-pyrrole nitrogens is 1. The molecule has 0 unspecified atom stereocenters. The number of rotatable bonds is 5. The van der Waals surface area contributed by atoms with Crippen molar-refractivity contribution >= 4 is 16.8 Å². The summed E-state index contributed by atoms with van der Waals surface area (Å²) in [5.41, 5.74) is 3.43. The first kappa shape index (κ1) is 19.4. The summed E-state index contributed by atoms with van der Waals surface area (Å²) < 4.78 is 5.59. The maximum atomic E-state index is 12.7. The molecule has 2 aromatic carbocycles. The minimum absolute atomic E-state index is 0.0700. The molecule has 0 radical (unpaired) electrons. The number of hydrogen-bond acceptors (Lipinski definition) is 3. The van der Waals surface area contributed by atoms with Crippen LogP contribution in [0.3, 0.4) is 0 Å². The van der Waals surface area contributed by atoms with Crippen molar-refractivity contribution in [1.82, 2.24) is 10.3 Å². The van der Waals surface area contributed by atoms with E-state index in [0.717, 1.165) is 23.7 Å². The van der Waals surface area contributed by atoms with Gasteiger partial charge in [-0.1, -0.05) is 42.5 Å². The van der Waals surface area contributed by atoms with E-state index in [4.69, 9.17) is 4.74 Å². The lowest BCUT2D eigenvalue weighted by molar-refractivity contribution is -0.121. The quantitative estimate of drug-likeness (QED) is 0.703. The van der Waals surface area contributed by atoms with E-state index in [-0.39, 0.29) is 23.3 Å². The van der Waals surface area contributed by atoms with Crippen LogP contribution in [0.4, 0.5) is 0 Å². The second kappa shape index (κ2) is 8.21. The highest BCUT2D eigenvalue weighted by atomic mass is 16.5. The standard InChI is InChI=1S/C24H26N2O3/c1-17-6-2-4-8-20(17)24(10-12-29-13-11-24)16-25-22(27)15-19-14-18-7-3-5-9-21(18)26-23(19)28/h2-9,14H,10-13,15-16H2,1H3,(H,25,27)(H,26,28). The van der Waals surface area contributed by atoms with Gasteiger partial charge in [-0.05, 0) is 48.4 Å². The Labute approximate surface area is 170 Å². The van der Waals surface area contributed by atoms with E-state index in [1.165, 1.54) is 11.1 Å². The molecule has 0 bridgehead atoms. The van der Waals surface area contributed by atoms with Gasteiger partial charge >= 0.3 is 0 Å². The van der Waals surface area contributed by atoms with Gasteiger partial charge in [0.25, 0.3) is 5.56 Å². The molecular weight excluding hydrogens is 364 g/mol. The number of aromatic amines is 1. The molecule has 1 aliphatic heterocycles. The van der Waals surface area contributed by atoms with Gasteiger partial charge in [0.1, 0.15) is 0 Å². The highest BCUT2D eigenvalue weighted by molar-refractivity contribution is 5.82. The minimum atomic E-state index is -0.210. The summed E-state index contributed by atoms with van der Waals surface area (Å²) >= 11 is 0. The molecule has 1 fully saturated rings. The number of amides is 1. The van der Waals surface area contributed by atoms with Gasteiger partial charge in [0.15, 0.2) is 0 Å². The molecule has 1 aromatic heterocycles. The summed E-state index contributed by atoms with van der Waals surface area (Å²) in [4.78, 5) is 27.9. The number of fused-ring (bicyclic) bond motifs is 1. The predicted molar refractivity (Wildman–Crippen MR) is 114 cm³/mol. The van der Waals surface area contributed by atoms with E-state index in [1.54, 1.807) is 6.07 Å². The van der Waals surface area contributed by atoms with Gasteiger partial charge in [0.2, 0.25) is 5.91 Å². The molecule has 5 nitrogen and oxygen atoms in total. The first-order valence-corrected chi connectivity index (χ1v) is 10.1. The normalized spacial score (nSPS) is 15.9. The van der Waals surface area contributed by atoms with Crippen LogP contribution in [0.25, 0.3) is 10.9 Å². The van der Waals surface area contributed by atoms with Crippen molar-refractivity contribution in [2.75, 3.05) is 19.8 Å². The minimum Gasteiger partial charge on any atom is -0.381 e. The average molecular weight is 390 g/mol. The van der Waals surface area contributed by atoms with E-state index in [2.05, 4.69) is 35.4 Å². The Bertz CT molecular complexity index is 1080. The monoisotopic (exact) mass is 390 g/mol. The van der Waals surface area contributed by atoms with Crippen molar-refractivity contribution in [2.45, 2.75) is 31.6 Å². The predicted octanol–water partition coefficient (Wildman–Crippen LogP) is 3.24. The number of benzene rings is 2. The Morgan fingerprint density at radius 1 is 1.10 bits per heavy atom. The summed E-state index contributed by atoms with van der Waals surface area (Å²) in [5, 5.41) is 4.02. The number of hydrogen-bond donors (Lipinski definition) is 2. The summed E-state index contributed by atoms with van der Waals surface area (Å²) in [6.07, 6.45) is 1.81. The fourth-order valence-corrected chi connectivity index (χ4v) is 4.30. The molecule has 1 saturated heterocycles. The van der Waals surface area contributed by atoms with Crippen molar-refractivity contribution in [2.24, 2.45) is 0 Å². The zero-order valence-electron chi connectivity index (χ0n) is 16.7. The number of aromatic nitrogens is 1. The van der Waals surface area contributed by atoms with Crippen molar-refractivity contribution < 1.29 is 9.53 Å². The van der Waals surface area contributed by atoms with Gasteiger partial charge < -0.3 is 15.0 Å². The van der Waals surface area contributed by atoms with Crippen molar-refractivity contribution in [3.05, 3.63) is 81.6 Å². The summed E-state index contributed by atoms with van der Waals surface area (Å²) in [6, 6.07) is 17.8. The number of carbonyl (C=O) groups is 1. The van der Waals surface area contributed by atoms with Crippen LogP contribution < -0.4 is 10.9 Å². The Hall–Kier alpha value is -2.92. The SMILES string of the molecule is Cc1ccccc1C1(CNC(=O)Cc2cc3ccccc3[nH]c2=O)CCOCC1. The molecule has 2 N–H and O–H groups in total. The van der Waals surface area contributed by atoms with Crippen LogP contribution in [-0.2, 0) is 21.4 Å². The van der Waals surface area contributed by atoms with Gasteiger partial charge in [0.05, 0.1) is 6.42 Å². The molecule has 1 amide bonds. The molecule has 0 saturated carbocycles. The van der Waals surface area contributed by atoms with Gasteiger partial charge in [-0.25, -0.2) is 0 Å². The second-order valence-electron chi connectivity index (χ2n) is 7.87. The summed E-state index contributed by atoms with van der Waals surface area (Å²) in [7, 11) is 0. The molecule has 29 heavy (non-hydrogen) atoms. The largest absolute Gasteiger partial charge is 0.381 e. The molecular formula is C24H26N2O3. The molecule has 3 aromatic rings. The zero-order valence-corrected chi connectivity index (χ0v) is 16.7. The second-order valence-corrected chi connectivity index (χ2v) is 7.87. The number of aryl methyl sites for hydroxylation is 1.